The summed E-state index contributed by atoms with van der Waals surface area (Å²) in [6, 6.07) is 15.6. The number of ether oxygens (including phenoxy) is 1. The molecule has 108 valence electrons. The van der Waals surface area contributed by atoms with Gasteiger partial charge >= 0.3 is 5.97 Å². The first-order valence-electron chi connectivity index (χ1n) is 7.10. The Morgan fingerprint density at radius 2 is 1.90 bits per heavy atom. The van der Waals surface area contributed by atoms with E-state index in [0.717, 1.165) is 28.9 Å². The van der Waals surface area contributed by atoms with Crippen molar-refractivity contribution in [3.05, 3.63) is 65.2 Å². The van der Waals surface area contributed by atoms with E-state index in [-0.39, 0.29) is 0 Å². The molecule has 0 radical (unpaired) electrons. The molecule has 1 N–H and O–H groups in total. The number of carboxylic acid groups (broad SMARTS) is 1. The van der Waals surface area contributed by atoms with Gasteiger partial charge in [-0.3, -0.25) is 4.79 Å². The van der Waals surface area contributed by atoms with Gasteiger partial charge in [-0.2, -0.15) is 0 Å². The maximum atomic E-state index is 12.0. The van der Waals surface area contributed by atoms with Gasteiger partial charge < -0.3 is 9.84 Å². The molecule has 0 fully saturated rings. The number of carboxylic acids is 1. The van der Waals surface area contributed by atoms with Crippen LogP contribution in [0.2, 0.25) is 0 Å². The minimum Gasteiger partial charge on any atom is -0.497 e. The molecule has 0 aromatic heterocycles. The van der Waals surface area contributed by atoms with E-state index in [0.29, 0.717) is 12.8 Å². The minimum absolute atomic E-state index is 0.517. The molecular weight excluding hydrogens is 264 g/mol. The summed E-state index contributed by atoms with van der Waals surface area (Å²) in [6.07, 6.45) is 2.01. The van der Waals surface area contributed by atoms with E-state index in [9.17, 15) is 9.90 Å². The SMILES string of the molecule is COc1ccc(CC2(C(=O)O)CCc3ccccc32)cc1. The second kappa shape index (κ2) is 5.24. The Morgan fingerprint density at radius 3 is 2.57 bits per heavy atom. The van der Waals surface area contributed by atoms with Crippen LogP contribution in [-0.2, 0) is 23.1 Å². The lowest BCUT2D eigenvalue weighted by atomic mass is 9.76. The Balaban J connectivity index is 1.98. The first-order chi connectivity index (χ1) is 10.2. The summed E-state index contributed by atoms with van der Waals surface area (Å²) in [5.74, 6) is 0.0539. The van der Waals surface area contributed by atoms with Gasteiger partial charge in [0.2, 0.25) is 0 Å². The van der Waals surface area contributed by atoms with Gasteiger partial charge in [0.25, 0.3) is 0 Å². The van der Waals surface area contributed by atoms with Gasteiger partial charge in [-0.15, -0.1) is 0 Å². The molecule has 1 aliphatic carbocycles. The molecule has 0 spiro atoms. The lowest BCUT2D eigenvalue weighted by Crippen LogP contribution is -2.35. The Hall–Kier alpha value is -2.29. The van der Waals surface area contributed by atoms with Gasteiger partial charge in [0, 0.05) is 0 Å². The van der Waals surface area contributed by atoms with Crippen molar-refractivity contribution < 1.29 is 14.6 Å². The molecule has 0 saturated carbocycles. The third-order valence-corrected chi connectivity index (χ3v) is 4.43. The fraction of sp³-hybridized carbons (Fsp3) is 0.278. The van der Waals surface area contributed by atoms with E-state index in [1.807, 2.05) is 48.5 Å². The Morgan fingerprint density at radius 1 is 1.19 bits per heavy atom. The normalized spacial score (nSPS) is 20.0. The molecule has 0 heterocycles. The summed E-state index contributed by atoms with van der Waals surface area (Å²) in [4.78, 5) is 12.0. The third kappa shape index (κ3) is 2.29. The number of benzene rings is 2. The molecule has 2 aromatic rings. The molecule has 3 heteroatoms. The predicted octanol–water partition coefficient (Wildman–Crippen LogP) is 3.21. The number of carbonyl (C=O) groups is 1. The molecule has 2 aromatic carbocycles. The van der Waals surface area contributed by atoms with Crippen molar-refractivity contribution in [1.29, 1.82) is 0 Å². The quantitative estimate of drug-likeness (QED) is 0.936. The summed E-state index contributed by atoms with van der Waals surface area (Å²) in [5, 5.41) is 9.85. The molecule has 1 unspecified atom stereocenters. The number of rotatable bonds is 4. The Kier molecular flexibility index (Phi) is 3.42. The van der Waals surface area contributed by atoms with Crippen LogP contribution in [0, 0.1) is 0 Å². The standard InChI is InChI=1S/C18H18O3/c1-21-15-8-6-13(7-9-15)12-18(17(19)20)11-10-14-4-2-3-5-16(14)18/h2-9H,10-12H2,1H3,(H,19,20). The second-order valence-electron chi connectivity index (χ2n) is 5.57. The van der Waals surface area contributed by atoms with Gasteiger partial charge in [-0.05, 0) is 48.1 Å². The van der Waals surface area contributed by atoms with Crippen molar-refractivity contribution in [2.45, 2.75) is 24.7 Å². The van der Waals surface area contributed by atoms with Gasteiger partial charge in [0.1, 0.15) is 5.75 Å². The molecular formula is C18H18O3. The number of methoxy groups -OCH3 is 1. The minimum atomic E-state index is -0.800. The largest absolute Gasteiger partial charge is 0.497 e. The summed E-state index contributed by atoms with van der Waals surface area (Å²) in [7, 11) is 1.63. The lowest BCUT2D eigenvalue weighted by Gasteiger charge is -2.26. The van der Waals surface area contributed by atoms with Crippen molar-refractivity contribution in [2.24, 2.45) is 0 Å². The molecule has 1 aliphatic rings. The van der Waals surface area contributed by atoms with Crippen molar-refractivity contribution in [2.75, 3.05) is 7.11 Å². The second-order valence-corrected chi connectivity index (χ2v) is 5.57. The van der Waals surface area contributed by atoms with Crippen LogP contribution >= 0.6 is 0 Å². The van der Waals surface area contributed by atoms with Crippen molar-refractivity contribution in [1.82, 2.24) is 0 Å². The van der Waals surface area contributed by atoms with Crippen LogP contribution in [0.4, 0.5) is 0 Å². The first-order valence-corrected chi connectivity index (χ1v) is 7.10. The number of aliphatic carboxylic acids is 1. The number of hydrogen-bond acceptors (Lipinski definition) is 2. The molecule has 0 saturated heterocycles. The summed E-state index contributed by atoms with van der Waals surface area (Å²) < 4.78 is 5.15. The van der Waals surface area contributed by atoms with Crippen molar-refractivity contribution in [3.63, 3.8) is 0 Å². The molecule has 3 nitrogen and oxygen atoms in total. The maximum Gasteiger partial charge on any atom is 0.314 e. The highest BCUT2D eigenvalue weighted by Gasteiger charge is 2.45. The molecule has 0 aliphatic heterocycles. The topological polar surface area (TPSA) is 46.5 Å². The molecule has 0 bridgehead atoms. The zero-order chi connectivity index (χ0) is 14.9. The number of fused-ring (bicyclic) bond motifs is 1. The fourth-order valence-electron chi connectivity index (χ4n) is 3.26. The molecule has 0 amide bonds. The van der Waals surface area contributed by atoms with E-state index in [4.69, 9.17) is 4.74 Å². The van der Waals surface area contributed by atoms with E-state index in [1.165, 1.54) is 0 Å². The van der Waals surface area contributed by atoms with E-state index in [2.05, 4.69) is 0 Å². The van der Waals surface area contributed by atoms with Crippen LogP contribution in [0.25, 0.3) is 0 Å². The van der Waals surface area contributed by atoms with Gasteiger partial charge in [-0.25, -0.2) is 0 Å². The van der Waals surface area contributed by atoms with Crippen LogP contribution in [-0.4, -0.2) is 18.2 Å². The average molecular weight is 282 g/mol. The highest BCUT2D eigenvalue weighted by molar-refractivity contribution is 5.83. The smallest absolute Gasteiger partial charge is 0.314 e. The van der Waals surface area contributed by atoms with Crippen LogP contribution in [0.3, 0.4) is 0 Å². The van der Waals surface area contributed by atoms with Crippen LogP contribution < -0.4 is 4.74 Å². The fourth-order valence-corrected chi connectivity index (χ4v) is 3.26. The Labute approximate surface area is 124 Å². The molecule has 21 heavy (non-hydrogen) atoms. The van der Waals surface area contributed by atoms with Crippen LogP contribution in [0.5, 0.6) is 5.75 Å². The zero-order valence-electron chi connectivity index (χ0n) is 12.0. The highest BCUT2D eigenvalue weighted by atomic mass is 16.5. The highest BCUT2D eigenvalue weighted by Crippen LogP contribution is 2.41. The zero-order valence-corrected chi connectivity index (χ0v) is 12.0. The first kappa shape index (κ1) is 13.7. The Bertz CT molecular complexity index is 660. The summed E-state index contributed by atoms with van der Waals surface area (Å²) in [5.41, 5.74) is 2.35. The van der Waals surface area contributed by atoms with Crippen LogP contribution in [0.15, 0.2) is 48.5 Å². The van der Waals surface area contributed by atoms with Gasteiger partial charge in [-0.1, -0.05) is 36.4 Å². The third-order valence-electron chi connectivity index (χ3n) is 4.43. The molecule has 1 atom stereocenters. The monoisotopic (exact) mass is 282 g/mol. The molecule has 3 rings (SSSR count). The van der Waals surface area contributed by atoms with E-state index in [1.54, 1.807) is 7.11 Å². The number of hydrogen-bond donors (Lipinski definition) is 1. The summed E-state index contributed by atoms with van der Waals surface area (Å²) >= 11 is 0. The average Bonchev–Trinajstić information content (AvgIpc) is 2.88. The number of aryl methyl sites for hydroxylation is 1. The van der Waals surface area contributed by atoms with Gasteiger partial charge in [0.05, 0.1) is 12.5 Å². The van der Waals surface area contributed by atoms with Crippen molar-refractivity contribution in [3.8, 4) is 5.75 Å². The maximum absolute atomic E-state index is 12.0. The van der Waals surface area contributed by atoms with Gasteiger partial charge in [0.15, 0.2) is 0 Å². The predicted molar refractivity (Wildman–Crippen MR) is 80.8 cm³/mol. The lowest BCUT2D eigenvalue weighted by molar-refractivity contribution is -0.143. The van der Waals surface area contributed by atoms with Crippen LogP contribution in [0.1, 0.15) is 23.1 Å². The van der Waals surface area contributed by atoms with E-state index >= 15 is 0 Å². The van der Waals surface area contributed by atoms with E-state index < -0.39 is 11.4 Å². The summed E-state index contributed by atoms with van der Waals surface area (Å²) in [6.45, 7) is 0. The van der Waals surface area contributed by atoms with Crippen molar-refractivity contribution >= 4 is 5.97 Å².